The molecule has 0 rings (SSSR count). The van der Waals surface area contributed by atoms with Crippen LogP contribution in [0.3, 0.4) is 0 Å². The highest BCUT2D eigenvalue weighted by Gasteiger charge is 2.18. The van der Waals surface area contributed by atoms with E-state index < -0.39 is 12.0 Å². The lowest BCUT2D eigenvalue weighted by Crippen LogP contribution is -2.41. The van der Waals surface area contributed by atoms with Crippen LogP contribution in [0, 0.1) is 0 Å². The molecule has 0 aliphatic carbocycles. The number of carboxylic acid groups (broad SMARTS) is 1. The summed E-state index contributed by atoms with van der Waals surface area (Å²) in [5.41, 5.74) is 0. The molecule has 0 saturated carbocycles. The largest absolute Gasteiger partial charge is 0.480 e. The van der Waals surface area contributed by atoms with E-state index in [0.717, 1.165) is 12.8 Å². The molecule has 5 nitrogen and oxygen atoms in total. The summed E-state index contributed by atoms with van der Waals surface area (Å²) >= 11 is 0. The van der Waals surface area contributed by atoms with Crippen LogP contribution in [-0.2, 0) is 9.59 Å². The highest BCUT2D eigenvalue weighted by Crippen LogP contribution is 1.97. The Balaban J connectivity index is 3.86. The molecule has 1 amide bonds. The van der Waals surface area contributed by atoms with E-state index in [4.69, 9.17) is 10.2 Å². The summed E-state index contributed by atoms with van der Waals surface area (Å²) in [6, 6.07) is -0.993. The highest BCUT2D eigenvalue weighted by atomic mass is 16.4. The van der Waals surface area contributed by atoms with Gasteiger partial charge in [0, 0.05) is 19.4 Å². The third-order valence-corrected chi connectivity index (χ3v) is 2.21. The maximum Gasteiger partial charge on any atom is 0.326 e. The van der Waals surface area contributed by atoms with Crippen LogP contribution in [0.2, 0.25) is 0 Å². The van der Waals surface area contributed by atoms with Crippen LogP contribution < -0.4 is 5.32 Å². The molecule has 0 heterocycles. The van der Waals surface area contributed by atoms with Gasteiger partial charge in [-0.05, 0) is 12.8 Å². The Hall–Kier alpha value is -1.36. The number of hydrogen-bond donors (Lipinski definition) is 3. The van der Waals surface area contributed by atoms with Gasteiger partial charge in [0.15, 0.2) is 0 Å². The van der Waals surface area contributed by atoms with Gasteiger partial charge in [-0.1, -0.05) is 25.5 Å². The lowest BCUT2D eigenvalue weighted by Gasteiger charge is -2.12. The van der Waals surface area contributed by atoms with Crippen LogP contribution in [0.25, 0.3) is 0 Å². The first kappa shape index (κ1) is 15.6. The molecule has 0 bridgehead atoms. The number of aliphatic carboxylic acids is 1. The normalized spacial score (nSPS) is 12.6. The number of hydrogen-bond acceptors (Lipinski definition) is 3. The minimum absolute atomic E-state index is 0.0345. The lowest BCUT2D eigenvalue weighted by molar-refractivity contribution is -0.142. The molecule has 0 saturated heterocycles. The van der Waals surface area contributed by atoms with Crippen LogP contribution in [0.5, 0.6) is 0 Å². The minimum atomic E-state index is -1.12. The van der Waals surface area contributed by atoms with Crippen LogP contribution in [0.15, 0.2) is 12.2 Å². The zero-order valence-electron chi connectivity index (χ0n) is 10.2. The number of carbonyl (C=O) groups is 2. The quantitative estimate of drug-likeness (QED) is 0.529. The van der Waals surface area contributed by atoms with Crippen LogP contribution >= 0.6 is 0 Å². The van der Waals surface area contributed by atoms with Gasteiger partial charge in [0.05, 0.1) is 0 Å². The third-order valence-electron chi connectivity index (χ3n) is 2.21. The summed E-state index contributed by atoms with van der Waals surface area (Å²) in [4.78, 5) is 22.1. The van der Waals surface area contributed by atoms with Gasteiger partial charge in [0.25, 0.3) is 0 Å². The number of aliphatic hydroxyl groups excluding tert-OH is 1. The van der Waals surface area contributed by atoms with E-state index in [-0.39, 0.29) is 25.4 Å². The molecule has 0 aromatic rings. The maximum atomic E-state index is 11.4. The lowest BCUT2D eigenvalue weighted by atomic mass is 10.2. The smallest absolute Gasteiger partial charge is 0.326 e. The highest BCUT2D eigenvalue weighted by molar-refractivity contribution is 5.83. The molecule has 0 aliphatic heterocycles. The second-order valence-corrected chi connectivity index (χ2v) is 3.77. The van der Waals surface area contributed by atoms with Crippen LogP contribution in [-0.4, -0.2) is 34.7 Å². The van der Waals surface area contributed by atoms with Gasteiger partial charge < -0.3 is 15.5 Å². The van der Waals surface area contributed by atoms with Crippen LogP contribution in [0.1, 0.15) is 39.0 Å². The average Bonchev–Trinajstić information content (AvgIpc) is 2.28. The molecule has 17 heavy (non-hydrogen) atoms. The fraction of sp³-hybridized carbons (Fsp3) is 0.667. The van der Waals surface area contributed by atoms with Crippen molar-refractivity contribution >= 4 is 11.9 Å². The molecule has 0 spiro atoms. The van der Waals surface area contributed by atoms with E-state index in [2.05, 4.69) is 12.2 Å². The zero-order valence-corrected chi connectivity index (χ0v) is 10.2. The third kappa shape index (κ3) is 8.45. The number of unbranched alkanes of at least 4 members (excludes halogenated alkanes) is 1. The van der Waals surface area contributed by atoms with Crippen molar-refractivity contribution in [2.45, 2.75) is 45.1 Å². The van der Waals surface area contributed by atoms with E-state index in [9.17, 15) is 9.59 Å². The van der Waals surface area contributed by atoms with Crippen molar-refractivity contribution in [2.75, 3.05) is 6.61 Å². The van der Waals surface area contributed by atoms with E-state index in [1.807, 2.05) is 12.2 Å². The second kappa shape index (κ2) is 9.84. The van der Waals surface area contributed by atoms with Gasteiger partial charge in [-0.3, -0.25) is 4.79 Å². The molecule has 5 heteroatoms. The van der Waals surface area contributed by atoms with Crippen molar-refractivity contribution in [1.29, 1.82) is 0 Å². The first-order valence-electron chi connectivity index (χ1n) is 5.89. The standard InChI is InChI=1S/C12H21NO4/c1-2-3-4-5-6-7-11(15)13-10(8-9-14)12(16)17/h4-5,10,14H,2-3,6-9H2,1H3,(H,13,15)(H,16,17)/t10-/m0/s1. The Morgan fingerprint density at radius 2 is 1.94 bits per heavy atom. The van der Waals surface area contributed by atoms with E-state index >= 15 is 0 Å². The zero-order chi connectivity index (χ0) is 13.1. The van der Waals surface area contributed by atoms with Crippen molar-refractivity contribution in [3.8, 4) is 0 Å². The summed E-state index contributed by atoms with van der Waals surface area (Å²) in [5.74, 6) is -1.42. The van der Waals surface area contributed by atoms with E-state index in [1.54, 1.807) is 0 Å². The summed E-state index contributed by atoms with van der Waals surface area (Å²) in [5, 5.41) is 19.8. The van der Waals surface area contributed by atoms with Crippen molar-refractivity contribution < 1.29 is 19.8 Å². The molecule has 0 radical (unpaired) electrons. The number of amides is 1. The van der Waals surface area contributed by atoms with Gasteiger partial charge in [0.2, 0.25) is 5.91 Å². The summed E-state index contributed by atoms with van der Waals surface area (Å²) in [7, 11) is 0. The van der Waals surface area contributed by atoms with Crippen molar-refractivity contribution in [3.05, 3.63) is 12.2 Å². The number of rotatable bonds is 9. The summed E-state index contributed by atoms with van der Waals surface area (Å²) in [6.07, 6.45) is 6.91. The summed E-state index contributed by atoms with van der Waals surface area (Å²) < 4.78 is 0. The number of carboxylic acids is 1. The Labute approximate surface area is 102 Å². The van der Waals surface area contributed by atoms with Crippen molar-refractivity contribution in [2.24, 2.45) is 0 Å². The fourth-order valence-electron chi connectivity index (χ4n) is 1.27. The Bertz CT molecular complexity index is 263. The van der Waals surface area contributed by atoms with E-state index in [1.165, 1.54) is 0 Å². The first-order valence-corrected chi connectivity index (χ1v) is 5.89. The first-order chi connectivity index (χ1) is 8.11. The predicted octanol–water partition coefficient (Wildman–Crippen LogP) is 1.07. The Morgan fingerprint density at radius 3 is 2.47 bits per heavy atom. The van der Waals surface area contributed by atoms with Gasteiger partial charge in [-0.15, -0.1) is 0 Å². The SMILES string of the molecule is CCCC=CCCC(=O)N[C@@H](CCO)C(=O)O. The molecule has 0 aliphatic rings. The van der Waals surface area contributed by atoms with Crippen molar-refractivity contribution in [3.63, 3.8) is 0 Å². The number of aliphatic hydroxyl groups is 1. The molecule has 98 valence electrons. The van der Waals surface area contributed by atoms with Crippen LogP contribution in [0.4, 0.5) is 0 Å². The van der Waals surface area contributed by atoms with E-state index in [0.29, 0.717) is 6.42 Å². The maximum absolute atomic E-state index is 11.4. The molecule has 0 unspecified atom stereocenters. The molecular formula is C12H21NO4. The summed E-state index contributed by atoms with van der Waals surface area (Å²) in [6.45, 7) is 1.82. The molecule has 0 fully saturated rings. The minimum Gasteiger partial charge on any atom is -0.480 e. The topological polar surface area (TPSA) is 86.6 Å². The molecule has 3 N–H and O–H groups in total. The van der Waals surface area contributed by atoms with Gasteiger partial charge in [-0.2, -0.15) is 0 Å². The number of carbonyl (C=O) groups excluding carboxylic acids is 1. The second-order valence-electron chi connectivity index (χ2n) is 3.77. The average molecular weight is 243 g/mol. The molecule has 0 aromatic carbocycles. The van der Waals surface area contributed by atoms with Gasteiger partial charge in [0.1, 0.15) is 6.04 Å². The Morgan fingerprint density at radius 1 is 1.29 bits per heavy atom. The predicted molar refractivity (Wildman–Crippen MR) is 64.6 cm³/mol. The van der Waals surface area contributed by atoms with Gasteiger partial charge in [-0.25, -0.2) is 4.79 Å². The molecule has 0 aromatic heterocycles. The molecular weight excluding hydrogens is 222 g/mol. The number of nitrogens with one attached hydrogen (secondary N) is 1. The van der Waals surface area contributed by atoms with Crippen molar-refractivity contribution in [1.82, 2.24) is 5.32 Å². The molecule has 1 atom stereocenters. The number of allylic oxidation sites excluding steroid dienone is 2. The fourth-order valence-corrected chi connectivity index (χ4v) is 1.27. The monoisotopic (exact) mass is 243 g/mol. The Kier molecular flexibility index (Phi) is 9.05. The van der Waals surface area contributed by atoms with Gasteiger partial charge >= 0.3 is 5.97 Å².